The Morgan fingerprint density at radius 3 is 3.11 bits per heavy atom. The maximum absolute atomic E-state index is 11.0. The van der Waals surface area contributed by atoms with Gasteiger partial charge < -0.3 is 15.5 Å². The smallest absolute Gasteiger partial charge is 0.408 e. The largest absolute Gasteiger partial charge is 0.417 e. The number of H-pyrrole nitrogens is 2. The zero-order valence-electron chi connectivity index (χ0n) is 9.10. The zero-order valence-corrected chi connectivity index (χ0v) is 9.10. The van der Waals surface area contributed by atoms with Gasteiger partial charge in [-0.15, -0.1) is 10.2 Å². The van der Waals surface area contributed by atoms with E-state index in [2.05, 4.69) is 30.9 Å². The Labute approximate surface area is 99.4 Å². The summed E-state index contributed by atoms with van der Waals surface area (Å²) in [6.07, 6.45) is 0. The fraction of sp³-hybridized carbons (Fsp3) is 0.111. The molecule has 9 nitrogen and oxygen atoms in total. The summed E-state index contributed by atoms with van der Waals surface area (Å²) in [5.41, 5.74) is 7.95. The van der Waals surface area contributed by atoms with Crippen LogP contribution in [0.3, 0.4) is 0 Å². The molecule has 0 aliphatic rings. The predicted molar refractivity (Wildman–Crippen MR) is 62.8 cm³/mol. The molecule has 0 radical (unpaired) electrons. The van der Waals surface area contributed by atoms with Gasteiger partial charge in [0, 0.05) is 6.07 Å². The third kappa shape index (κ3) is 1.77. The topological polar surface area (TPSA) is 139 Å². The van der Waals surface area contributed by atoms with Gasteiger partial charge in [0.15, 0.2) is 11.4 Å². The second kappa shape index (κ2) is 3.87. The Bertz CT molecular complexity index is 727. The Hall–Kier alpha value is -2.84. The summed E-state index contributed by atoms with van der Waals surface area (Å²) in [6, 6.07) is 3.27. The number of rotatable bonds is 3. The number of benzene rings is 1. The first-order valence-electron chi connectivity index (χ1n) is 5.11. The van der Waals surface area contributed by atoms with Gasteiger partial charge in [-0.1, -0.05) is 5.21 Å². The Morgan fingerprint density at radius 2 is 2.33 bits per heavy atom. The van der Waals surface area contributed by atoms with Crippen LogP contribution in [0.4, 0.5) is 11.4 Å². The minimum Gasteiger partial charge on any atom is -0.408 e. The number of hydrogen-bond donors (Lipinski definition) is 4. The molecule has 0 unspecified atom stereocenters. The van der Waals surface area contributed by atoms with Gasteiger partial charge in [0.25, 0.3) is 0 Å². The first-order valence-corrected chi connectivity index (χ1v) is 5.11. The molecule has 0 aliphatic heterocycles. The molecule has 0 saturated carbocycles. The molecule has 1 aromatic carbocycles. The zero-order chi connectivity index (χ0) is 12.5. The van der Waals surface area contributed by atoms with Crippen LogP contribution in [0.2, 0.25) is 0 Å². The van der Waals surface area contributed by atoms with Crippen molar-refractivity contribution in [3.63, 3.8) is 0 Å². The fourth-order valence-corrected chi connectivity index (χ4v) is 1.60. The van der Waals surface area contributed by atoms with Crippen LogP contribution in [0, 0.1) is 0 Å². The summed E-state index contributed by atoms with van der Waals surface area (Å²) >= 11 is 0. The third-order valence-corrected chi connectivity index (χ3v) is 2.42. The lowest BCUT2D eigenvalue weighted by atomic mass is 10.2. The van der Waals surface area contributed by atoms with E-state index in [9.17, 15) is 4.79 Å². The number of fused-ring (bicyclic) bond motifs is 1. The van der Waals surface area contributed by atoms with Crippen molar-refractivity contribution >= 4 is 22.5 Å². The molecule has 0 fully saturated rings. The fourth-order valence-electron chi connectivity index (χ4n) is 1.60. The van der Waals surface area contributed by atoms with Gasteiger partial charge in [0.2, 0.25) is 0 Å². The first kappa shape index (κ1) is 10.3. The van der Waals surface area contributed by atoms with E-state index in [1.165, 1.54) is 0 Å². The Balaban J connectivity index is 1.91. The molecule has 9 heteroatoms. The average Bonchev–Trinajstić information content (AvgIpc) is 2.94. The molecule has 3 aromatic rings. The van der Waals surface area contributed by atoms with Crippen molar-refractivity contribution in [2.75, 3.05) is 11.1 Å². The maximum atomic E-state index is 11.0. The number of nitrogen functional groups attached to an aromatic ring is 1. The van der Waals surface area contributed by atoms with Crippen LogP contribution in [0.15, 0.2) is 21.3 Å². The molecule has 0 amide bonds. The maximum Gasteiger partial charge on any atom is 0.417 e. The van der Waals surface area contributed by atoms with Crippen molar-refractivity contribution in [3.8, 4) is 0 Å². The van der Waals surface area contributed by atoms with Crippen molar-refractivity contribution in [1.29, 1.82) is 0 Å². The minimum absolute atomic E-state index is 0.369. The number of nitrogens with zero attached hydrogens (tertiary/aromatic N) is 3. The summed E-state index contributed by atoms with van der Waals surface area (Å²) in [5, 5.41) is 16.4. The van der Waals surface area contributed by atoms with E-state index in [0.717, 1.165) is 0 Å². The van der Waals surface area contributed by atoms with E-state index in [-0.39, 0.29) is 0 Å². The number of aromatic amines is 2. The molecular formula is C9H9N7O2. The van der Waals surface area contributed by atoms with Crippen LogP contribution in [-0.2, 0) is 6.54 Å². The molecule has 0 aliphatic carbocycles. The van der Waals surface area contributed by atoms with Gasteiger partial charge in [-0.05, 0) is 6.07 Å². The highest BCUT2D eigenvalue weighted by Crippen LogP contribution is 2.24. The second-order valence-corrected chi connectivity index (χ2v) is 3.63. The number of nitrogens with two attached hydrogens (primary N) is 1. The number of aromatic nitrogens is 5. The van der Waals surface area contributed by atoms with Crippen LogP contribution >= 0.6 is 0 Å². The molecule has 0 bridgehead atoms. The molecular weight excluding hydrogens is 238 g/mol. The van der Waals surface area contributed by atoms with Crippen molar-refractivity contribution in [2.45, 2.75) is 6.54 Å². The number of oxazole rings is 1. The lowest BCUT2D eigenvalue weighted by Gasteiger charge is -2.06. The molecule has 2 heterocycles. The van der Waals surface area contributed by atoms with E-state index < -0.39 is 5.76 Å². The highest BCUT2D eigenvalue weighted by molar-refractivity contribution is 5.85. The highest BCUT2D eigenvalue weighted by Gasteiger charge is 2.07. The number of nitrogens with one attached hydrogen (secondary N) is 3. The summed E-state index contributed by atoms with van der Waals surface area (Å²) in [5.74, 6) is -0.00472. The van der Waals surface area contributed by atoms with Crippen molar-refractivity contribution in [2.24, 2.45) is 0 Å². The van der Waals surface area contributed by atoms with Gasteiger partial charge in [-0.2, -0.15) is 5.21 Å². The van der Waals surface area contributed by atoms with Gasteiger partial charge in [-0.25, -0.2) is 4.79 Å². The van der Waals surface area contributed by atoms with Gasteiger partial charge in [0.05, 0.1) is 23.4 Å². The minimum atomic E-state index is -0.514. The summed E-state index contributed by atoms with van der Waals surface area (Å²) in [6.45, 7) is 0.369. The molecule has 5 N–H and O–H groups in total. The average molecular weight is 247 g/mol. The molecule has 0 saturated heterocycles. The first-order chi connectivity index (χ1) is 8.72. The Morgan fingerprint density at radius 1 is 1.44 bits per heavy atom. The predicted octanol–water partition coefficient (Wildman–Crippen LogP) is -0.172. The van der Waals surface area contributed by atoms with Gasteiger partial charge >= 0.3 is 5.76 Å². The van der Waals surface area contributed by atoms with Crippen LogP contribution in [0.1, 0.15) is 5.82 Å². The van der Waals surface area contributed by atoms with E-state index in [1.54, 1.807) is 12.1 Å². The monoisotopic (exact) mass is 247 g/mol. The summed E-state index contributed by atoms with van der Waals surface area (Å²) in [7, 11) is 0. The van der Waals surface area contributed by atoms with Gasteiger partial charge in [0.1, 0.15) is 0 Å². The summed E-state index contributed by atoms with van der Waals surface area (Å²) < 4.78 is 4.90. The highest BCUT2D eigenvalue weighted by atomic mass is 16.4. The second-order valence-electron chi connectivity index (χ2n) is 3.63. The lowest BCUT2D eigenvalue weighted by Crippen LogP contribution is -2.04. The van der Waals surface area contributed by atoms with Crippen molar-refractivity contribution < 1.29 is 4.42 Å². The third-order valence-electron chi connectivity index (χ3n) is 2.42. The van der Waals surface area contributed by atoms with Crippen LogP contribution in [0.5, 0.6) is 0 Å². The van der Waals surface area contributed by atoms with Crippen molar-refractivity contribution in [3.05, 3.63) is 28.5 Å². The normalized spacial score (nSPS) is 10.9. The molecule has 3 rings (SSSR count). The number of tetrazole rings is 1. The van der Waals surface area contributed by atoms with Crippen LogP contribution in [0.25, 0.3) is 11.1 Å². The van der Waals surface area contributed by atoms with E-state index >= 15 is 0 Å². The molecule has 18 heavy (non-hydrogen) atoms. The van der Waals surface area contributed by atoms with Crippen molar-refractivity contribution in [1.82, 2.24) is 25.6 Å². The van der Waals surface area contributed by atoms with Crippen LogP contribution < -0.4 is 16.8 Å². The van der Waals surface area contributed by atoms with E-state index in [4.69, 9.17) is 10.2 Å². The Kier molecular flexibility index (Phi) is 2.22. The molecule has 0 atom stereocenters. The molecule has 0 spiro atoms. The number of hydrogen-bond acceptors (Lipinski definition) is 7. The van der Waals surface area contributed by atoms with Crippen LogP contribution in [-0.4, -0.2) is 25.6 Å². The van der Waals surface area contributed by atoms with E-state index in [0.29, 0.717) is 34.8 Å². The molecule has 92 valence electrons. The number of anilines is 2. The van der Waals surface area contributed by atoms with Gasteiger partial charge in [-0.3, -0.25) is 4.98 Å². The quantitative estimate of drug-likeness (QED) is 0.471. The molecule has 2 aromatic heterocycles. The SMILES string of the molecule is Nc1cc2oc(=O)[nH]c2cc1NCc1nn[nH]n1. The van der Waals surface area contributed by atoms with E-state index in [1.807, 2.05) is 0 Å². The summed E-state index contributed by atoms with van der Waals surface area (Å²) in [4.78, 5) is 13.6. The lowest BCUT2D eigenvalue weighted by molar-refractivity contribution is 0.555. The standard InChI is InChI=1S/C9H9N7O2/c10-4-1-7-6(12-9(17)18-7)2-5(4)11-3-8-13-15-16-14-8/h1-2,11H,3,10H2,(H,12,17)(H,13,14,15,16).